The standard InChI is InChI=1S/C25H42O4/c1-17-9-8-10-21-24(17,5)14-11-18(2)25(21,6)16-15-23(4)13-12-20(28-29-23)19(3)22(26)27-7/h18-21H,1,8-16H2,2-7H3/t18-,19+,20-,21+,23-,24+,25+/m1/s1. The lowest BCUT2D eigenvalue weighted by molar-refractivity contribution is -0.412. The summed E-state index contributed by atoms with van der Waals surface area (Å²) in [5, 5.41) is 0. The Bertz CT molecular complexity index is 620. The summed E-state index contributed by atoms with van der Waals surface area (Å²) in [6, 6.07) is 0. The summed E-state index contributed by atoms with van der Waals surface area (Å²) in [4.78, 5) is 23.4. The van der Waals surface area contributed by atoms with Crippen molar-refractivity contribution in [3.63, 3.8) is 0 Å². The first-order valence-corrected chi connectivity index (χ1v) is 11.7. The number of carbonyl (C=O) groups excluding carboxylic acids is 1. The number of rotatable bonds is 5. The Morgan fingerprint density at radius 1 is 1.21 bits per heavy atom. The molecule has 0 spiro atoms. The lowest BCUT2D eigenvalue weighted by atomic mass is 9.46. The van der Waals surface area contributed by atoms with Gasteiger partial charge in [-0.15, -0.1) is 0 Å². The van der Waals surface area contributed by atoms with Crippen LogP contribution >= 0.6 is 0 Å². The number of hydrogen-bond acceptors (Lipinski definition) is 4. The first-order valence-electron chi connectivity index (χ1n) is 11.7. The smallest absolute Gasteiger partial charge is 0.311 e. The molecule has 0 unspecified atom stereocenters. The molecule has 166 valence electrons. The van der Waals surface area contributed by atoms with E-state index in [1.807, 2.05) is 6.92 Å². The third-order valence-corrected chi connectivity index (χ3v) is 9.22. The van der Waals surface area contributed by atoms with Gasteiger partial charge in [0, 0.05) is 0 Å². The van der Waals surface area contributed by atoms with Gasteiger partial charge in [-0.1, -0.05) is 32.9 Å². The Morgan fingerprint density at radius 2 is 1.93 bits per heavy atom. The van der Waals surface area contributed by atoms with Crippen molar-refractivity contribution in [2.75, 3.05) is 7.11 Å². The molecule has 3 rings (SSSR count). The molecule has 0 aromatic heterocycles. The summed E-state index contributed by atoms with van der Waals surface area (Å²) >= 11 is 0. The highest BCUT2D eigenvalue weighted by molar-refractivity contribution is 5.72. The molecule has 1 saturated heterocycles. The van der Waals surface area contributed by atoms with E-state index in [1.165, 1.54) is 44.8 Å². The molecule has 3 fully saturated rings. The number of ether oxygens (including phenoxy) is 1. The van der Waals surface area contributed by atoms with E-state index >= 15 is 0 Å². The SMILES string of the molecule is C=C1CCC[C@@H]2[C@@](C)(CC[C@@]3(C)CC[C@H]([C@H](C)C(=O)OC)OO3)[C@H](C)CC[C@@]12C. The van der Waals surface area contributed by atoms with E-state index in [0.29, 0.717) is 22.7 Å². The van der Waals surface area contributed by atoms with Crippen LogP contribution in [0.1, 0.15) is 92.4 Å². The average molecular weight is 407 g/mol. The van der Waals surface area contributed by atoms with Crippen LogP contribution in [0.4, 0.5) is 0 Å². The first kappa shape index (κ1) is 22.8. The monoisotopic (exact) mass is 406 g/mol. The van der Waals surface area contributed by atoms with Crippen molar-refractivity contribution < 1.29 is 19.3 Å². The van der Waals surface area contributed by atoms with Crippen LogP contribution in [0.25, 0.3) is 0 Å². The lowest BCUT2D eigenvalue weighted by Gasteiger charge is -2.59. The molecule has 2 saturated carbocycles. The third-order valence-electron chi connectivity index (χ3n) is 9.22. The molecule has 0 aromatic rings. The molecule has 1 aliphatic heterocycles. The normalized spacial score (nSPS) is 44.1. The van der Waals surface area contributed by atoms with E-state index < -0.39 is 0 Å². The number of fused-ring (bicyclic) bond motifs is 1. The number of carbonyl (C=O) groups is 1. The zero-order chi connectivity index (χ0) is 21.4. The molecule has 4 nitrogen and oxygen atoms in total. The van der Waals surface area contributed by atoms with Crippen LogP contribution in [0, 0.1) is 28.6 Å². The molecule has 0 bridgehead atoms. The van der Waals surface area contributed by atoms with Crippen LogP contribution < -0.4 is 0 Å². The van der Waals surface area contributed by atoms with Gasteiger partial charge in [0.25, 0.3) is 0 Å². The minimum atomic E-state index is -0.297. The van der Waals surface area contributed by atoms with Crippen LogP contribution in [0.3, 0.4) is 0 Å². The first-order chi connectivity index (χ1) is 13.6. The van der Waals surface area contributed by atoms with Gasteiger partial charge in [-0.25, -0.2) is 9.78 Å². The molecule has 7 atom stereocenters. The van der Waals surface area contributed by atoms with Gasteiger partial charge < -0.3 is 4.74 Å². The Morgan fingerprint density at radius 3 is 2.55 bits per heavy atom. The topological polar surface area (TPSA) is 44.8 Å². The second kappa shape index (κ2) is 8.34. The molecule has 0 amide bonds. The minimum absolute atomic E-state index is 0.218. The van der Waals surface area contributed by atoms with Crippen LogP contribution in [0.2, 0.25) is 0 Å². The van der Waals surface area contributed by atoms with Gasteiger partial charge in [-0.3, -0.25) is 4.79 Å². The second-order valence-corrected chi connectivity index (χ2v) is 10.9. The van der Waals surface area contributed by atoms with E-state index in [0.717, 1.165) is 25.7 Å². The number of hydrogen-bond donors (Lipinski definition) is 0. The van der Waals surface area contributed by atoms with Gasteiger partial charge in [0.05, 0.1) is 13.0 Å². The maximum Gasteiger partial charge on any atom is 0.311 e. The van der Waals surface area contributed by atoms with Crippen molar-refractivity contribution in [2.45, 2.75) is 104 Å². The summed E-state index contributed by atoms with van der Waals surface area (Å²) < 4.78 is 4.86. The fourth-order valence-corrected chi connectivity index (χ4v) is 6.48. The fraction of sp³-hybridized carbons (Fsp3) is 0.880. The molecule has 2 aliphatic carbocycles. The van der Waals surface area contributed by atoms with Crippen LogP contribution in [-0.2, 0) is 19.3 Å². The zero-order valence-corrected chi connectivity index (χ0v) is 19.5. The molecule has 0 aromatic carbocycles. The van der Waals surface area contributed by atoms with E-state index in [9.17, 15) is 4.79 Å². The fourth-order valence-electron chi connectivity index (χ4n) is 6.48. The predicted octanol–water partition coefficient (Wildman–Crippen LogP) is 6.24. The maximum atomic E-state index is 11.8. The molecule has 0 N–H and O–H groups in total. The Hall–Kier alpha value is -0.870. The van der Waals surface area contributed by atoms with Crippen molar-refractivity contribution >= 4 is 5.97 Å². The maximum absolute atomic E-state index is 11.8. The lowest BCUT2D eigenvalue weighted by Crippen LogP contribution is -2.51. The zero-order valence-electron chi connectivity index (χ0n) is 19.5. The highest BCUT2D eigenvalue weighted by Gasteiger charge is 2.54. The van der Waals surface area contributed by atoms with E-state index in [-0.39, 0.29) is 23.6 Å². The number of methoxy groups -OCH3 is 1. The highest BCUT2D eigenvalue weighted by Crippen LogP contribution is 2.63. The van der Waals surface area contributed by atoms with Crippen molar-refractivity contribution in [1.29, 1.82) is 0 Å². The predicted molar refractivity (Wildman–Crippen MR) is 115 cm³/mol. The van der Waals surface area contributed by atoms with Gasteiger partial charge in [0.2, 0.25) is 0 Å². The van der Waals surface area contributed by atoms with Crippen molar-refractivity contribution in [2.24, 2.45) is 28.6 Å². The number of allylic oxidation sites excluding steroid dienone is 1. The van der Waals surface area contributed by atoms with Crippen molar-refractivity contribution in [3.8, 4) is 0 Å². The third kappa shape index (κ3) is 4.17. The summed E-state index contributed by atoms with van der Waals surface area (Å²) in [7, 11) is 1.42. The van der Waals surface area contributed by atoms with Gasteiger partial charge in [-0.05, 0) is 94.3 Å². The summed E-state index contributed by atoms with van der Waals surface area (Å²) in [5.74, 6) is 0.892. The molecule has 1 heterocycles. The van der Waals surface area contributed by atoms with E-state index in [2.05, 4.69) is 34.3 Å². The van der Waals surface area contributed by atoms with Gasteiger partial charge >= 0.3 is 5.97 Å². The molecular formula is C25H42O4. The Labute approximate surface area is 177 Å². The van der Waals surface area contributed by atoms with Crippen LogP contribution in [0.15, 0.2) is 12.2 Å². The molecular weight excluding hydrogens is 364 g/mol. The quantitative estimate of drug-likeness (QED) is 0.308. The Balaban J connectivity index is 1.65. The highest BCUT2D eigenvalue weighted by atomic mass is 17.2. The summed E-state index contributed by atoms with van der Waals surface area (Å²) in [6.45, 7) is 16.0. The Kier molecular flexibility index (Phi) is 6.56. The van der Waals surface area contributed by atoms with Crippen LogP contribution in [-0.4, -0.2) is 24.8 Å². The largest absolute Gasteiger partial charge is 0.469 e. The van der Waals surface area contributed by atoms with Crippen LogP contribution in [0.5, 0.6) is 0 Å². The summed E-state index contributed by atoms with van der Waals surface area (Å²) in [6.07, 6.45) is 10.1. The van der Waals surface area contributed by atoms with E-state index in [4.69, 9.17) is 14.5 Å². The van der Waals surface area contributed by atoms with Gasteiger partial charge in [0.15, 0.2) is 0 Å². The molecule has 29 heavy (non-hydrogen) atoms. The molecule has 3 aliphatic rings. The summed E-state index contributed by atoms with van der Waals surface area (Å²) in [5.41, 5.74) is 1.80. The minimum Gasteiger partial charge on any atom is -0.469 e. The molecule has 0 radical (unpaired) electrons. The molecule has 4 heteroatoms. The van der Waals surface area contributed by atoms with Crippen molar-refractivity contribution in [3.05, 3.63) is 12.2 Å². The van der Waals surface area contributed by atoms with Gasteiger partial charge in [0.1, 0.15) is 11.7 Å². The van der Waals surface area contributed by atoms with Gasteiger partial charge in [-0.2, -0.15) is 0 Å². The average Bonchev–Trinajstić information content (AvgIpc) is 2.71. The van der Waals surface area contributed by atoms with Crippen molar-refractivity contribution in [1.82, 2.24) is 0 Å². The number of esters is 1. The van der Waals surface area contributed by atoms with E-state index in [1.54, 1.807) is 0 Å². The second-order valence-electron chi connectivity index (χ2n) is 10.9.